The quantitative estimate of drug-likeness (QED) is 0.750. The van der Waals surface area contributed by atoms with Crippen molar-refractivity contribution in [2.75, 3.05) is 0 Å². The molecular formula is C11H16N4O2. The number of aromatic nitrogens is 3. The molecule has 0 aliphatic carbocycles. The van der Waals surface area contributed by atoms with Gasteiger partial charge in [-0.25, -0.2) is 9.58 Å². The first kappa shape index (κ1) is 12.0. The maximum Gasteiger partial charge on any atom is 0.113 e. The predicted octanol–water partition coefficient (Wildman–Crippen LogP) is 0.367. The molecule has 0 saturated carbocycles. The normalized spacial score (nSPS) is 15.4. The second-order valence-electron chi connectivity index (χ2n) is 4.00. The van der Waals surface area contributed by atoms with Gasteiger partial charge >= 0.3 is 0 Å². The van der Waals surface area contributed by atoms with E-state index in [0.29, 0.717) is 0 Å². The van der Waals surface area contributed by atoms with E-state index in [1.807, 2.05) is 24.3 Å². The lowest BCUT2D eigenvalue weighted by Gasteiger charge is -2.27. The fourth-order valence-corrected chi connectivity index (χ4v) is 1.73. The van der Waals surface area contributed by atoms with Crippen LogP contribution in [0.4, 0.5) is 0 Å². The van der Waals surface area contributed by atoms with Gasteiger partial charge in [0.05, 0.1) is 12.2 Å². The number of benzene rings is 1. The Morgan fingerprint density at radius 2 is 1.88 bits per heavy atom. The lowest BCUT2D eigenvalue weighted by atomic mass is 10.3. The number of aliphatic hydroxyl groups is 2. The zero-order valence-corrected chi connectivity index (χ0v) is 9.85. The van der Waals surface area contributed by atoms with Crippen LogP contribution in [0.15, 0.2) is 24.3 Å². The number of para-hydroxylation sites is 1. The van der Waals surface area contributed by atoms with Crippen molar-refractivity contribution in [1.29, 1.82) is 0 Å². The zero-order chi connectivity index (χ0) is 12.4. The van der Waals surface area contributed by atoms with Crippen molar-refractivity contribution in [3.63, 3.8) is 0 Å². The van der Waals surface area contributed by atoms with Crippen LogP contribution in [0.1, 0.15) is 13.8 Å². The summed E-state index contributed by atoms with van der Waals surface area (Å²) in [6.07, 6.45) is -1.50. The lowest BCUT2D eigenvalue weighted by Crippen LogP contribution is -2.41. The number of rotatable bonds is 4. The number of aliphatic hydroxyl groups excluding tert-OH is 2. The van der Waals surface area contributed by atoms with Gasteiger partial charge in [0.2, 0.25) is 0 Å². The van der Waals surface area contributed by atoms with Gasteiger partial charge in [0.25, 0.3) is 0 Å². The molecule has 0 spiro atoms. The van der Waals surface area contributed by atoms with Crippen LogP contribution in [-0.2, 0) is 6.67 Å². The third-order valence-corrected chi connectivity index (χ3v) is 2.68. The molecule has 0 aliphatic heterocycles. The summed E-state index contributed by atoms with van der Waals surface area (Å²) in [5.74, 6) is 0. The van der Waals surface area contributed by atoms with E-state index in [4.69, 9.17) is 0 Å². The molecule has 2 atom stereocenters. The van der Waals surface area contributed by atoms with Gasteiger partial charge in [-0.2, -0.15) is 0 Å². The summed E-state index contributed by atoms with van der Waals surface area (Å²) in [5, 5.41) is 27.1. The van der Waals surface area contributed by atoms with Crippen molar-refractivity contribution in [3.8, 4) is 0 Å². The first-order chi connectivity index (χ1) is 8.09. The van der Waals surface area contributed by atoms with E-state index < -0.39 is 12.5 Å². The standard InChI is InChI=1S/C11H16N4O2/c1-8(16)14(9(2)17)7-15-11-6-4-3-5-10(11)12-13-15/h3-6,8-9,16-17H,7H2,1-2H3. The number of fused-ring (bicyclic) bond motifs is 1. The number of hydrogen-bond donors (Lipinski definition) is 2. The highest BCUT2D eigenvalue weighted by Gasteiger charge is 2.18. The molecule has 0 amide bonds. The molecule has 2 unspecified atom stereocenters. The average molecular weight is 236 g/mol. The summed E-state index contributed by atoms with van der Waals surface area (Å²) >= 11 is 0. The molecule has 1 aromatic carbocycles. The van der Waals surface area contributed by atoms with Crippen molar-refractivity contribution >= 4 is 11.0 Å². The molecule has 0 bridgehead atoms. The summed E-state index contributed by atoms with van der Waals surface area (Å²) < 4.78 is 1.65. The average Bonchev–Trinajstić information content (AvgIpc) is 2.68. The van der Waals surface area contributed by atoms with Crippen LogP contribution in [0.3, 0.4) is 0 Å². The first-order valence-corrected chi connectivity index (χ1v) is 5.49. The van der Waals surface area contributed by atoms with E-state index in [9.17, 15) is 10.2 Å². The molecular weight excluding hydrogens is 220 g/mol. The highest BCUT2D eigenvalue weighted by molar-refractivity contribution is 5.73. The summed E-state index contributed by atoms with van der Waals surface area (Å²) in [6.45, 7) is 3.49. The Bertz CT molecular complexity index is 487. The van der Waals surface area contributed by atoms with Gasteiger partial charge in [0, 0.05) is 0 Å². The molecule has 2 N–H and O–H groups in total. The Morgan fingerprint density at radius 3 is 2.53 bits per heavy atom. The van der Waals surface area contributed by atoms with Crippen LogP contribution in [-0.4, -0.2) is 42.6 Å². The molecule has 6 nitrogen and oxygen atoms in total. The molecule has 0 fully saturated rings. The smallest absolute Gasteiger partial charge is 0.113 e. The third-order valence-electron chi connectivity index (χ3n) is 2.68. The lowest BCUT2D eigenvalue weighted by molar-refractivity contribution is -0.103. The topological polar surface area (TPSA) is 74.4 Å². The van der Waals surface area contributed by atoms with E-state index in [1.165, 1.54) is 4.90 Å². The monoisotopic (exact) mass is 236 g/mol. The Kier molecular flexibility index (Phi) is 3.37. The fraction of sp³-hybridized carbons (Fsp3) is 0.455. The van der Waals surface area contributed by atoms with Crippen LogP contribution in [0, 0.1) is 0 Å². The summed E-state index contributed by atoms with van der Waals surface area (Å²) in [4.78, 5) is 1.50. The molecule has 0 saturated heterocycles. The largest absolute Gasteiger partial charge is 0.379 e. The number of hydrogen-bond acceptors (Lipinski definition) is 5. The van der Waals surface area contributed by atoms with Gasteiger partial charge in [-0.1, -0.05) is 17.3 Å². The van der Waals surface area contributed by atoms with Gasteiger partial charge in [-0.05, 0) is 26.0 Å². The van der Waals surface area contributed by atoms with E-state index in [1.54, 1.807) is 18.5 Å². The maximum absolute atomic E-state index is 9.56. The molecule has 2 rings (SSSR count). The maximum atomic E-state index is 9.56. The molecule has 1 heterocycles. The summed E-state index contributed by atoms with van der Waals surface area (Å²) in [6, 6.07) is 7.56. The minimum Gasteiger partial charge on any atom is -0.379 e. The van der Waals surface area contributed by atoms with E-state index in [2.05, 4.69) is 10.3 Å². The molecule has 92 valence electrons. The zero-order valence-electron chi connectivity index (χ0n) is 9.85. The minimum atomic E-state index is -0.752. The molecule has 17 heavy (non-hydrogen) atoms. The Labute approximate surface area is 99.1 Å². The van der Waals surface area contributed by atoms with Crippen LogP contribution >= 0.6 is 0 Å². The Hall–Kier alpha value is -1.50. The summed E-state index contributed by atoms with van der Waals surface area (Å²) in [5.41, 5.74) is 1.67. The molecule has 1 aromatic heterocycles. The Balaban J connectivity index is 2.28. The van der Waals surface area contributed by atoms with Crippen LogP contribution in [0.25, 0.3) is 11.0 Å². The van der Waals surface area contributed by atoms with Gasteiger partial charge in [0.1, 0.15) is 18.0 Å². The summed E-state index contributed by atoms with van der Waals surface area (Å²) in [7, 11) is 0. The number of nitrogens with zero attached hydrogens (tertiary/aromatic N) is 4. The second-order valence-corrected chi connectivity index (χ2v) is 4.00. The van der Waals surface area contributed by atoms with Crippen molar-refractivity contribution in [2.45, 2.75) is 33.0 Å². The highest BCUT2D eigenvalue weighted by atomic mass is 16.3. The predicted molar refractivity (Wildman–Crippen MR) is 62.7 cm³/mol. The van der Waals surface area contributed by atoms with Gasteiger partial charge in [-0.15, -0.1) is 5.10 Å². The highest BCUT2D eigenvalue weighted by Crippen LogP contribution is 2.12. The van der Waals surface area contributed by atoms with Gasteiger partial charge in [-0.3, -0.25) is 0 Å². The molecule has 0 radical (unpaired) electrons. The van der Waals surface area contributed by atoms with E-state index in [-0.39, 0.29) is 6.67 Å². The van der Waals surface area contributed by atoms with Crippen LogP contribution < -0.4 is 0 Å². The third kappa shape index (κ3) is 2.44. The molecule has 0 aliphatic rings. The van der Waals surface area contributed by atoms with Crippen LogP contribution in [0.2, 0.25) is 0 Å². The molecule has 6 heteroatoms. The minimum absolute atomic E-state index is 0.288. The fourth-order valence-electron chi connectivity index (χ4n) is 1.73. The van der Waals surface area contributed by atoms with Crippen molar-refractivity contribution in [1.82, 2.24) is 19.9 Å². The van der Waals surface area contributed by atoms with Crippen molar-refractivity contribution in [2.24, 2.45) is 0 Å². The van der Waals surface area contributed by atoms with Crippen molar-refractivity contribution < 1.29 is 10.2 Å². The van der Waals surface area contributed by atoms with E-state index >= 15 is 0 Å². The molecule has 2 aromatic rings. The first-order valence-electron chi connectivity index (χ1n) is 5.49. The van der Waals surface area contributed by atoms with E-state index in [0.717, 1.165) is 11.0 Å². The van der Waals surface area contributed by atoms with Gasteiger partial charge < -0.3 is 10.2 Å². The van der Waals surface area contributed by atoms with Gasteiger partial charge in [0.15, 0.2) is 0 Å². The Morgan fingerprint density at radius 1 is 1.24 bits per heavy atom. The van der Waals surface area contributed by atoms with Crippen LogP contribution in [0.5, 0.6) is 0 Å². The second kappa shape index (κ2) is 4.79. The van der Waals surface area contributed by atoms with Crippen molar-refractivity contribution in [3.05, 3.63) is 24.3 Å². The SMILES string of the molecule is CC(O)N(Cn1nnc2ccccc21)C(C)O.